The average Bonchev–Trinajstić information content (AvgIpc) is 2.64. The SMILES string of the molecule is CCC(=O)Nc1ccc2c(c1)CCN2. The van der Waals surface area contributed by atoms with E-state index in [9.17, 15) is 4.79 Å². The molecule has 0 aliphatic carbocycles. The van der Waals surface area contributed by atoms with Gasteiger partial charge in [-0.1, -0.05) is 6.92 Å². The maximum atomic E-state index is 11.2. The first-order chi connectivity index (χ1) is 6.79. The van der Waals surface area contributed by atoms with Gasteiger partial charge in [-0.2, -0.15) is 0 Å². The van der Waals surface area contributed by atoms with Gasteiger partial charge in [-0.3, -0.25) is 4.79 Å². The molecular weight excluding hydrogens is 176 g/mol. The Morgan fingerprint density at radius 2 is 2.43 bits per heavy atom. The summed E-state index contributed by atoms with van der Waals surface area (Å²) in [5.41, 5.74) is 3.39. The van der Waals surface area contributed by atoms with Gasteiger partial charge >= 0.3 is 0 Å². The van der Waals surface area contributed by atoms with Crippen molar-refractivity contribution in [3.63, 3.8) is 0 Å². The van der Waals surface area contributed by atoms with Gasteiger partial charge in [-0.15, -0.1) is 0 Å². The number of carbonyl (C=O) groups is 1. The number of amides is 1. The predicted molar refractivity (Wildman–Crippen MR) is 57.6 cm³/mol. The number of benzene rings is 1. The quantitative estimate of drug-likeness (QED) is 0.749. The van der Waals surface area contributed by atoms with Crippen molar-refractivity contribution in [3.8, 4) is 0 Å². The van der Waals surface area contributed by atoms with Crippen molar-refractivity contribution in [2.45, 2.75) is 19.8 Å². The Hall–Kier alpha value is -1.51. The van der Waals surface area contributed by atoms with Crippen molar-refractivity contribution in [2.75, 3.05) is 17.2 Å². The molecule has 3 nitrogen and oxygen atoms in total. The van der Waals surface area contributed by atoms with Crippen LogP contribution in [-0.4, -0.2) is 12.5 Å². The highest BCUT2D eigenvalue weighted by Gasteiger charge is 2.10. The zero-order valence-corrected chi connectivity index (χ0v) is 8.26. The molecule has 1 aliphatic rings. The lowest BCUT2D eigenvalue weighted by atomic mass is 10.1. The zero-order valence-electron chi connectivity index (χ0n) is 8.26. The van der Waals surface area contributed by atoms with E-state index >= 15 is 0 Å². The minimum Gasteiger partial charge on any atom is -0.384 e. The fourth-order valence-electron chi connectivity index (χ4n) is 1.63. The van der Waals surface area contributed by atoms with Crippen LogP contribution in [-0.2, 0) is 11.2 Å². The van der Waals surface area contributed by atoms with E-state index < -0.39 is 0 Å². The third-order valence-corrected chi connectivity index (χ3v) is 2.42. The molecule has 0 aromatic heterocycles. The fraction of sp³-hybridized carbons (Fsp3) is 0.364. The third-order valence-electron chi connectivity index (χ3n) is 2.42. The summed E-state index contributed by atoms with van der Waals surface area (Å²) in [6, 6.07) is 6.00. The highest BCUT2D eigenvalue weighted by atomic mass is 16.1. The molecule has 14 heavy (non-hydrogen) atoms. The van der Waals surface area contributed by atoms with Crippen molar-refractivity contribution >= 4 is 17.3 Å². The van der Waals surface area contributed by atoms with Crippen molar-refractivity contribution in [1.29, 1.82) is 0 Å². The summed E-state index contributed by atoms with van der Waals surface area (Å²) in [5.74, 6) is 0.0657. The van der Waals surface area contributed by atoms with Crippen LogP contribution in [0.25, 0.3) is 0 Å². The number of anilines is 2. The second-order valence-corrected chi connectivity index (χ2v) is 3.45. The number of carbonyl (C=O) groups excluding carboxylic acids is 1. The molecule has 74 valence electrons. The first kappa shape index (κ1) is 9.06. The molecule has 1 aromatic rings. The smallest absolute Gasteiger partial charge is 0.224 e. The van der Waals surface area contributed by atoms with E-state index in [1.54, 1.807) is 0 Å². The van der Waals surface area contributed by atoms with Gasteiger partial charge in [0.15, 0.2) is 0 Å². The molecule has 0 atom stereocenters. The maximum Gasteiger partial charge on any atom is 0.224 e. The Balaban J connectivity index is 2.16. The highest BCUT2D eigenvalue weighted by Crippen LogP contribution is 2.25. The Labute approximate surface area is 83.5 Å². The Kier molecular flexibility index (Phi) is 2.39. The van der Waals surface area contributed by atoms with Crippen LogP contribution in [0.1, 0.15) is 18.9 Å². The molecule has 0 saturated heterocycles. The molecular formula is C11H14N2O. The van der Waals surface area contributed by atoms with E-state index in [1.165, 1.54) is 11.3 Å². The molecule has 1 amide bonds. The van der Waals surface area contributed by atoms with E-state index in [2.05, 4.69) is 10.6 Å². The number of hydrogen-bond donors (Lipinski definition) is 2. The fourth-order valence-corrected chi connectivity index (χ4v) is 1.63. The molecule has 0 unspecified atom stereocenters. The van der Waals surface area contributed by atoms with Gasteiger partial charge in [0.05, 0.1) is 0 Å². The molecule has 0 bridgehead atoms. The van der Waals surface area contributed by atoms with Crippen molar-refractivity contribution in [2.24, 2.45) is 0 Å². The highest BCUT2D eigenvalue weighted by molar-refractivity contribution is 5.90. The van der Waals surface area contributed by atoms with Crippen LogP contribution in [0.15, 0.2) is 18.2 Å². The normalized spacial score (nSPS) is 13.2. The van der Waals surface area contributed by atoms with Gasteiger partial charge in [-0.05, 0) is 30.2 Å². The monoisotopic (exact) mass is 190 g/mol. The van der Waals surface area contributed by atoms with Gasteiger partial charge in [0.25, 0.3) is 0 Å². The van der Waals surface area contributed by atoms with Crippen LogP contribution in [0.4, 0.5) is 11.4 Å². The lowest BCUT2D eigenvalue weighted by Crippen LogP contribution is -2.09. The first-order valence-corrected chi connectivity index (χ1v) is 4.96. The minimum atomic E-state index is 0.0657. The predicted octanol–water partition coefficient (Wildman–Crippen LogP) is 2.00. The molecule has 3 heteroatoms. The van der Waals surface area contributed by atoms with Crippen molar-refractivity contribution in [3.05, 3.63) is 23.8 Å². The van der Waals surface area contributed by atoms with Gasteiger partial charge in [0.1, 0.15) is 0 Å². The van der Waals surface area contributed by atoms with Gasteiger partial charge in [0, 0.05) is 24.3 Å². The molecule has 0 spiro atoms. The standard InChI is InChI=1S/C11H14N2O/c1-2-11(14)13-9-3-4-10-8(7-9)5-6-12-10/h3-4,7,12H,2,5-6H2,1H3,(H,13,14). The summed E-state index contributed by atoms with van der Waals surface area (Å²) in [6.07, 6.45) is 1.57. The number of fused-ring (bicyclic) bond motifs is 1. The lowest BCUT2D eigenvalue weighted by molar-refractivity contribution is -0.115. The minimum absolute atomic E-state index is 0.0657. The van der Waals surface area contributed by atoms with E-state index in [0.29, 0.717) is 6.42 Å². The summed E-state index contributed by atoms with van der Waals surface area (Å²) >= 11 is 0. The van der Waals surface area contributed by atoms with Crippen LogP contribution in [0.2, 0.25) is 0 Å². The summed E-state index contributed by atoms with van der Waals surface area (Å²) in [4.78, 5) is 11.2. The van der Waals surface area contributed by atoms with Gasteiger partial charge in [-0.25, -0.2) is 0 Å². The summed E-state index contributed by atoms with van der Waals surface area (Å²) in [6.45, 7) is 2.85. The second kappa shape index (κ2) is 3.70. The van der Waals surface area contributed by atoms with Gasteiger partial charge in [0.2, 0.25) is 5.91 Å². The molecule has 1 heterocycles. The van der Waals surface area contributed by atoms with Crippen molar-refractivity contribution < 1.29 is 4.79 Å². The average molecular weight is 190 g/mol. The molecule has 0 fully saturated rings. The first-order valence-electron chi connectivity index (χ1n) is 4.96. The van der Waals surface area contributed by atoms with Crippen LogP contribution in [0, 0.1) is 0 Å². The van der Waals surface area contributed by atoms with Crippen LogP contribution < -0.4 is 10.6 Å². The van der Waals surface area contributed by atoms with E-state index in [4.69, 9.17) is 0 Å². The van der Waals surface area contributed by atoms with E-state index in [-0.39, 0.29) is 5.91 Å². The number of rotatable bonds is 2. The van der Waals surface area contributed by atoms with Crippen LogP contribution >= 0.6 is 0 Å². The maximum absolute atomic E-state index is 11.2. The summed E-state index contributed by atoms with van der Waals surface area (Å²) in [5, 5.41) is 6.14. The van der Waals surface area contributed by atoms with Gasteiger partial charge < -0.3 is 10.6 Å². The Bertz CT molecular complexity index is 360. The Morgan fingerprint density at radius 1 is 1.57 bits per heavy atom. The van der Waals surface area contributed by atoms with E-state index in [0.717, 1.165) is 18.7 Å². The molecule has 0 radical (unpaired) electrons. The number of hydrogen-bond acceptors (Lipinski definition) is 2. The summed E-state index contributed by atoms with van der Waals surface area (Å²) < 4.78 is 0. The molecule has 2 N–H and O–H groups in total. The second-order valence-electron chi connectivity index (χ2n) is 3.45. The molecule has 2 rings (SSSR count). The lowest BCUT2D eigenvalue weighted by Gasteiger charge is -2.05. The number of nitrogens with one attached hydrogen (secondary N) is 2. The molecule has 0 saturated carbocycles. The third kappa shape index (κ3) is 1.71. The topological polar surface area (TPSA) is 41.1 Å². The molecule has 1 aliphatic heterocycles. The van der Waals surface area contributed by atoms with Crippen molar-refractivity contribution in [1.82, 2.24) is 0 Å². The van der Waals surface area contributed by atoms with Crippen LogP contribution in [0.5, 0.6) is 0 Å². The van der Waals surface area contributed by atoms with E-state index in [1.807, 2.05) is 25.1 Å². The Morgan fingerprint density at radius 3 is 3.21 bits per heavy atom. The zero-order chi connectivity index (χ0) is 9.97. The molecule has 1 aromatic carbocycles. The largest absolute Gasteiger partial charge is 0.384 e. The van der Waals surface area contributed by atoms with Crippen LogP contribution in [0.3, 0.4) is 0 Å². The summed E-state index contributed by atoms with van der Waals surface area (Å²) in [7, 11) is 0.